The highest BCUT2D eigenvalue weighted by Gasteiger charge is 2.40. The van der Waals surface area contributed by atoms with E-state index in [1.165, 1.54) is 141 Å². The molecule has 0 aliphatic heterocycles. The van der Waals surface area contributed by atoms with E-state index >= 15 is 0 Å². The van der Waals surface area contributed by atoms with E-state index in [2.05, 4.69) is 386 Å². The van der Waals surface area contributed by atoms with Crippen LogP contribution in [-0.2, 0) is 10.8 Å². The fourth-order valence-corrected chi connectivity index (χ4v) is 22.0. The molecule has 4 aromatic heterocycles. The Labute approximate surface area is 755 Å². The quantitative estimate of drug-likeness (QED) is 0.153. The number of hydrogen-bond acceptors (Lipinski definition) is 7. The average molecular weight is 1670 g/mol. The van der Waals surface area contributed by atoms with Gasteiger partial charge in [-0.2, -0.15) is 0 Å². The molecule has 0 spiro atoms. The summed E-state index contributed by atoms with van der Waals surface area (Å²) in [5.41, 5.74) is 28.3. The molecule has 0 saturated carbocycles. The summed E-state index contributed by atoms with van der Waals surface area (Å²) in [7, 11) is 0. The van der Waals surface area contributed by atoms with Crippen LogP contribution in [0.15, 0.2) is 417 Å². The summed E-state index contributed by atoms with van der Waals surface area (Å²) < 4.78 is 6.30. The van der Waals surface area contributed by atoms with Gasteiger partial charge >= 0.3 is 0 Å². The molecular formula is C124H80N6O. The molecule has 0 saturated heterocycles. The summed E-state index contributed by atoms with van der Waals surface area (Å²) in [6.45, 7) is 9.48. The minimum Gasteiger partial charge on any atom is -0.456 e. The molecule has 7 heteroatoms. The van der Waals surface area contributed by atoms with Crippen molar-refractivity contribution in [3.63, 3.8) is 0 Å². The van der Waals surface area contributed by atoms with Gasteiger partial charge in [-0.3, -0.25) is 0 Å². The number of furan rings is 1. The van der Waals surface area contributed by atoms with Crippen LogP contribution in [0.1, 0.15) is 49.9 Å². The standard InChI is InChI=1S/C42H24N2O.2C41H28N2/c1-2-9-28(10-3-1)40-41(44-42-32-11-5-4-8-25(32)19-22-34(42)43-40)30-18-21-31-29(24-30)17-16-26-14-15-27-20-23-36-39(38(27)37(26)31)33-12-6-7-13-35(33)45-36;1-41(2)34-18-10-8-16-31(34)37-30-15-7-6-14-29(30)36-28-22-21-27(24-26(28)20-23-33(36)38(37)41)40-42-35-19-11-9-17-32(35)39(43-40)25-12-4-3-5-13-25;1-41(2)34-13-7-6-12-30(34)32-23-22-31-33(38(32)41)21-18-25-16-17-27-24-28(19-20-29(27)37(25)31)40-39(26-10-4-3-5-11-26)42-35-14-8-9-15-36(35)43-40/h1-24H;2*3-24H,1-2H3. The van der Waals surface area contributed by atoms with E-state index in [4.69, 9.17) is 34.3 Å². The summed E-state index contributed by atoms with van der Waals surface area (Å²) in [5, 5.41) is 28.3. The second kappa shape index (κ2) is 29.4. The van der Waals surface area contributed by atoms with Crippen LogP contribution in [0.5, 0.6) is 0 Å². The van der Waals surface area contributed by atoms with E-state index in [1.807, 2.05) is 54.6 Å². The van der Waals surface area contributed by atoms with Crippen molar-refractivity contribution in [3.8, 4) is 89.9 Å². The van der Waals surface area contributed by atoms with Crippen LogP contribution in [0.2, 0.25) is 0 Å². The van der Waals surface area contributed by atoms with Crippen LogP contribution in [-0.4, -0.2) is 29.9 Å². The van der Waals surface area contributed by atoms with Gasteiger partial charge in [-0.25, -0.2) is 29.9 Å². The number of para-hydroxylation sites is 4. The van der Waals surface area contributed by atoms with Gasteiger partial charge in [0.15, 0.2) is 5.82 Å². The summed E-state index contributed by atoms with van der Waals surface area (Å²) in [6.07, 6.45) is 0. The molecule has 612 valence electrons. The lowest BCUT2D eigenvalue weighted by Gasteiger charge is -2.24. The minimum atomic E-state index is -0.0887. The van der Waals surface area contributed by atoms with E-state index in [0.717, 1.165) is 133 Å². The summed E-state index contributed by atoms with van der Waals surface area (Å²) in [4.78, 5) is 31.0. The van der Waals surface area contributed by atoms with E-state index in [9.17, 15) is 0 Å². The molecule has 7 nitrogen and oxygen atoms in total. The van der Waals surface area contributed by atoms with Crippen LogP contribution >= 0.6 is 0 Å². The number of fused-ring (bicyclic) bond motifs is 33. The molecule has 0 atom stereocenters. The fraction of sp³-hybridized carbons (Fsp3) is 0.0484. The molecule has 0 unspecified atom stereocenters. The largest absolute Gasteiger partial charge is 0.456 e. The zero-order valence-electron chi connectivity index (χ0n) is 72.4. The lowest BCUT2D eigenvalue weighted by molar-refractivity contribution is 0.666. The van der Waals surface area contributed by atoms with Crippen LogP contribution in [0.4, 0.5) is 0 Å². The Balaban J connectivity index is 0.000000103. The maximum absolute atomic E-state index is 6.30. The van der Waals surface area contributed by atoms with Crippen molar-refractivity contribution in [1.29, 1.82) is 0 Å². The maximum Gasteiger partial charge on any atom is 0.160 e. The first-order valence-electron chi connectivity index (χ1n) is 45.1. The van der Waals surface area contributed by atoms with Gasteiger partial charge in [0.2, 0.25) is 0 Å². The lowest BCUT2D eigenvalue weighted by Crippen LogP contribution is -2.15. The van der Waals surface area contributed by atoms with E-state index in [1.54, 1.807) is 0 Å². The molecule has 0 fully saturated rings. The van der Waals surface area contributed by atoms with Gasteiger partial charge < -0.3 is 4.42 Å². The summed E-state index contributed by atoms with van der Waals surface area (Å²) in [6, 6.07) is 147. The number of hydrogen-bond donors (Lipinski definition) is 0. The van der Waals surface area contributed by atoms with Gasteiger partial charge in [0.05, 0.1) is 56.1 Å². The Bertz CT molecular complexity index is 9360. The lowest BCUT2D eigenvalue weighted by atomic mass is 9.78. The fourth-order valence-electron chi connectivity index (χ4n) is 22.0. The van der Waals surface area contributed by atoms with Gasteiger partial charge in [0.1, 0.15) is 11.2 Å². The van der Waals surface area contributed by atoms with Crippen LogP contribution in [0.25, 0.3) is 253 Å². The van der Waals surface area contributed by atoms with E-state index in [-0.39, 0.29) is 10.8 Å². The topological polar surface area (TPSA) is 90.5 Å². The molecule has 4 heterocycles. The second-order valence-corrected chi connectivity index (χ2v) is 36.1. The van der Waals surface area contributed by atoms with Gasteiger partial charge in [0.25, 0.3) is 0 Å². The monoisotopic (exact) mass is 1670 g/mol. The van der Waals surface area contributed by atoms with Crippen LogP contribution in [0, 0.1) is 0 Å². The van der Waals surface area contributed by atoms with Crippen molar-refractivity contribution in [3.05, 3.63) is 435 Å². The third-order valence-electron chi connectivity index (χ3n) is 28.0. The smallest absolute Gasteiger partial charge is 0.160 e. The Morgan fingerprint density at radius 3 is 1.32 bits per heavy atom. The van der Waals surface area contributed by atoms with E-state index in [0.29, 0.717) is 0 Å². The average Bonchev–Trinajstić information content (AvgIpc) is 1.52. The van der Waals surface area contributed by atoms with Crippen molar-refractivity contribution in [2.75, 3.05) is 0 Å². The first-order valence-corrected chi connectivity index (χ1v) is 45.1. The molecule has 22 aromatic carbocycles. The van der Waals surface area contributed by atoms with Crippen LogP contribution in [0.3, 0.4) is 0 Å². The zero-order valence-corrected chi connectivity index (χ0v) is 72.4. The molecule has 26 aromatic rings. The van der Waals surface area contributed by atoms with Crippen molar-refractivity contribution in [1.82, 2.24) is 29.9 Å². The van der Waals surface area contributed by atoms with Gasteiger partial charge in [0, 0.05) is 71.1 Å². The molecule has 28 rings (SSSR count). The molecule has 0 amide bonds. The Hall–Kier alpha value is -16.7. The maximum atomic E-state index is 6.30. The summed E-state index contributed by atoms with van der Waals surface area (Å²) >= 11 is 0. The number of aromatic nitrogens is 6. The minimum absolute atomic E-state index is 0.0561. The highest BCUT2D eigenvalue weighted by Crippen LogP contribution is 2.57. The Kier molecular flexibility index (Phi) is 17.0. The number of benzene rings is 22. The number of rotatable bonds is 6. The van der Waals surface area contributed by atoms with E-state index < -0.39 is 0 Å². The highest BCUT2D eigenvalue weighted by atomic mass is 16.3. The predicted molar refractivity (Wildman–Crippen MR) is 549 cm³/mol. The molecule has 2 aliphatic rings. The van der Waals surface area contributed by atoms with Crippen molar-refractivity contribution >= 4 is 163 Å². The highest BCUT2D eigenvalue weighted by molar-refractivity contribution is 6.32. The second-order valence-electron chi connectivity index (χ2n) is 36.1. The molecule has 2 aliphatic carbocycles. The Morgan fingerprint density at radius 1 is 0.198 bits per heavy atom. The molecule has 0 radical (unpaired) electrons. The third-order valence-corrected chi connectivity index (χ3v) is 28.0. The van der Waals surface area contributed by atoms with Crippen molar-refractivity contribution < 1.29 is 4.42 Å². The number of nitrogens with zero attached hydrogens (tertiary/aromatic N) is 6. The first kappa shape index (κ1) is 75.6. The summed E-state index contributed by atoms with van der Waals surface area (Å²) in [5.74, 6) is 0.745. The zero-order chi connectivity index (χ0) is 86.9. The van der Waals surface area contributed by atoms with Crippen molar-refractivity contribution in [2.24, 2.45) is 0 Å². The molecule has 0 bridgehead atoms. The van der Waals surface area contributed by atoms with Gasteiger partial charge in [-0.15, -0.1) is 0 Å². The predicted octanol–water partition coefficient (Wildman–Crippen LogP) is 32.9. The van der Waals surface area contributed by atoms with Crippen molar-refractivity contribution in [2.45, 2.75) is 38.5 Å². The molecule has 0 N–H and O–H groups in total. The Morgan fingerprint density at radius 2 is 0.634 bits per heavy atom. The normalized spacial score (nSPS) is 13.0. The third kappa shape index (κ3) is 11.9. The first-order chi connectivity index (χ1) is 64.5. The SMILES string of the molecule is CC1(C)c2ccccc2-c2c1c1ccc3cc(-c4nc(-c5ccccc5)c5ccccc5n4)ccc3c1c1ccccc21.CC1(C)c2ccccc2-c2ccc3c(ccc4ccc5cc(-c6nc7ccccc7nc6-c6ccccc6)ccc5c43)c21.c1ccc(-c2nc3ccc4ccccc4c3nc2-c2ccc3c(ccc4ccc5ccc6oc7ccccc7c6c5c43)c2)cc1. The van der Waals surface area contributed by atoms with Gasteiger partial charge in [-0.05, 0) is 196 Å². The molecular weight excluding hydrogens is 1590 g/mol. The molecule has 131 heavy (non-hydrogen) atoms. The van der Waals surface area contributed by atoms with Crippen LogP contribution < -0.4 is 0 Å². The van der Waals surface area contributed by atoms with Gasteiger partial charge in [-0.1, -0.05) is 386 Å².